The molecule has 120 valence electrons. The number of oxazole rings is 1. The van der Waals surface area contributed by atoms with Crippen LogP contribution in [0, 0.1) is 6.92 Å². The lowest BCUT2D eigenvalue weighted by molar-refractivity contribution is -0.151. The Morgan fingerprint density at radius 1 is 1.57 bits per heavy atom. The van der Waals surface area contributed by atoms with Crippen LogP contribution in [0.2, 0.25) is 0 Å². The Labute approximate surface area is 131 Å². The molecule has 0 fully saturated rings. The van der Waals surface area contributed by atoms with E-state index in [2.05, 4.69) is 10.3 Å². The van der Waals surface area contributed by atoms with Crippen LogP contribution < -0.4 is 5.32 Å². The van der Waals surface area contributed by atoms with Crippen LogP contribution in [0.3, 0.4) is 0 Å². The number of hydrogen-bond donors (Lipinski definition) is 1. The average molecular weight is 314 g/mol. The summed E-state index contributed by atoms with van der Waals surface area (Å²) in [5.41, 5.74) is 0.243. The van der Waals surface area contributed by atoms with E-state index in [4.69, 9.17) is 9.15 Å². The van der Waals surface area contributed by atoms with Crippen molar-refractivity contribution in [2.24, 2.45) is 0 Å². The Hall–Kier alpha value is -1.01. The van der Waals surface area contributed by atoms with Gasteiger partial charge in [0.05, 0.1) is 12.3 Å². The predicted molar refractivity (Wildman–Crippen MR) is 84.5 cm³/mol. The van der Waals surface area contributed by atoms with E-state index >= 15 is 0 Å². The third-order valence-corrected chi connectivity index (χ3v) is 3.91. The van der Waals surface area contributed by atoms with Crippen LogP contribution in [0.15, 0.2) is 15.9 Å². The normalized spacial score (nSPS) is 14.2. The predicted octanol–water partition coefficient (Wildman–Crippen LogP) is 3.18. The van der Waals surface area contributed by atoms with Gasteiger partial charge in [0.1, 0.15) is 11.8 Å². The van der Waals surface area contributed by atoms with Gasteiger partial charge in [0, 0.05) is 11.8 Å². The molecule has 0 spiro atoms. The summed E-state index contributed by atoms with van der Waals surface area (Å²) in [7, 11) is 0. The Morgan fingerprint density at radius 3 is 2.81 bits per heavy atom. The first kappa shape index (κ1) is 18.0. The minimum absolute atomic E-state index is 0.185. The van der Waals surface area contributed by atoms with Gasteiger partial charge < -0.3 is 9.15 Å². The highest BCUT2D eigenvalue weighted by molar-refractivity contribution is 7.99. The van der Waals surface area contributed by atoms with Gasteiger partial charge in [-0.1, -0.05) is 11.8 Å². The number of ether oxygens (including phenoxy) is 1. The maximum atomic E-state index is 12.1. The second-order valence-corrected chi connectivity index (χ2v) is 6.60. The van der Waals surface area contributed by atoms with Crippen molar-refractivity contribution in [2.75, 3.05) is 12.4 Å². The van der Waals surface area contributed by atoms with Crippen molar-refractivity contribution in [3.05, 3.63) is 12.0 Å². The summed E-state index contributed by atoms with van der Waals surface area (Å²) in [5.74, 6) is 0.671. The van der Waals surface area contributed by atoms with Crippen LogP contribution in [0.25, 0.3) is 0 Å². The highest BCUT2D eigenvalue weighted by atomic mass is 32.2. The number of esters is 1. The van der Waals surface area contributed by atoms with Crippen LogP contribution in [-0.4, -0.2) is 34.9 Å². The van der Waals surface area contributed by atoms with Crippen molar-refractivity contribution < 1.29 is 13.9 Å². The lowest BCUT2D eigenvalue weighted by atomic mass is 9.95. The maximum Gasteiger partial charge on any atom is 0.326 e. The standard InChI is InChI=1S/C15H26N2O3S/c1-6-19-13(18)15(5,17-11(2)3)8-7-9-21-14-16-12(4)10-20-14/h10-11,17H,6-9H2,1-5H3. The SMILES string of the molecule is CCOC(=O)C(C)(CCCSc1nc(C)co1)NC(C)C. The van der Waals surface area contributed by atoms with Crippen molar-refractivity contribution in [1.82, 2.24) is 10.3 Å². The van der Waals surface area contributed by atoms with E-state index in [9.17, 15) is 4.79 Å². The molecule has 0 aliphatic rings. The van der Waals surface area contributed by atoms with Crippen LogP contribution >= 0.6 is 11.8 Å². The monoisotopic (exact) mass is 314 g/mol. The first-order chi connectivity index (χ1) is 9.87. The molecule has 0 saturated heterocycles. The smallest absolute Gasteiger partial charge is 0.326 e. The summed E-state index contributed by atoms with van der Waals surface area (Å²) in [4.78, 5) is 16.4. The highest BCUT2D eigenvalue weighted by Crippen LogP contribution is 2.22. The number of rotatable bonds is 9. The molecule has 0 bridgehead atoms. The third-order valence-electron chi connectivity index (χ3n) is 2.98. The lowest BCUT2D eigenvalue weighted by Gasteiger charge is -2.30. The molecular weight excluding hydrogens is 288 g/mol. The maximum absolute atomic E-state index is 12.1. The summed E-state index contributed by atoms with van der Waals surface area (Å²) in [6.07, 6.45) is 3.24. The zero-order chi connectivity index (χ0) is 15.9. The van der Waals surface area contributed by atoms with Gasteiger partial charge in [0.2, 0.25) is 0 Å². The van der Waals surface area contributed by atoms with E-state index in [0.717, 1.165) is 24.3 Å². The molecule has 1 aromatic heterocycles. The summed E-state index contributed by atoms with van der Waals surface area (Å²) in [5, 5.41) is 4.00. The zero-order valence-electron chi connectivity index (χ0n) is 13.6. The Bertz CT molecular complexity index is 448. The number of carbonyl (C=O) groups excluding carboxylic acids is 1. The fourth-order valence-electron chi connectivity index (χ4n) is 2.14. The first-order valence-electron chi connectivity index (χ1n) is 7.37. The van der Waals surface area contributed by atoms with E-state index in [1.165, 1.54) is 0 Å². The summed E-state index contributed by atoms with van der Waals surface area (Å²) >= 11 is 1.57. The summed E-state index contributed by atoms with van der Waals surface area (Å²) < 4.78 is 10.5. The fraction of sp³-hybridized carbons (Fsp3) is 0.733. The highest BCUT2D eigenvalue weighted by Gasteiger charge is 2.34. The number of nitrogens with zero attached hydrogens (tertiary/aromatic N) is 1. The van der Waals surface area contributed by atoms with Gasteiger partial charge in [0.25, 0.3) is 5.22 Å². The van der Waals surface area contributed by atoms with Gasteiger partial charge in [-0.25, -0.2) is 4.98 Å². The number of thioether (sulfide) groups is 1. The fourth-order valence-corrected chi connectivity index (χ4v) is 2.93. The molecule has 0 aliphatic heterocycles. The minimum Gasteiger partial charge on any atom is -0.465 e. The quantitative estimate of drug-likeness (QED) is 0.429. The molecule has 6 heteroatoms. The van der Waals surface area contributed by atoms with Crippen molar-refractivity contribution in [3.63, 3.8) is 0 Å². The topological polar surface area (TPSA) is 64.4 Å². The second-order valence-electron chi connectivity index (χ2n) is 5.56. The number of hydrogen-bond acceptors (Lipinski definition) is 6. The van der Waals surface area contributed by atoms with E-state index in [0.29, 0.717) is 11.8 Å². The number of carbonyl (C=O) groups is 1. The molecule has 1 rings (SSSR count). The molecule has 1 aromatic rings. The molecule has 0 aromatic carbocycles. The molecule has 1 heterocycles. The Morgan fingerprint density at radius 2 is 2.29 bits per heavy atom. The van der Waals surface area contributed by atoms with Crippen molar-refractivity contribution in [1.29, 1.82) is 0 Å². The molecule has 1 atom stereocenters. The van der Waals surface area contributed by atoms with Gasteiger partial charge in [0.15, 0.2) is 0 Å². The molecule has 21 heavy (non-hydrogen) atoms. The average Bonchev–Trinajstić information content (AvgIpc) is 2.80. The molecule has 0 saturated carbocycles. The van der Waals surface area contributed by atoms with E-state index in [-0.39, 0.29) is 12.0 Å². The summed E-state index contributed by atoms with van der Waals surface area (Å²) in [6.45, 7) is 10.1. The van der Waals surface area contributed by atoms with Gasteiger partial charge >= 0.3 is 5.97 Å². The van der Waals surface area contributed by atoms with Crippen molar-refractivity contribution in [2.45, 2.75) is 64.3 Å². The van der Waals surface area contributed by atoms with Crippen LogP contribution in [-0.2, 0) is 9.53 Å². The van der Waals surface area contributed by atoms with Crippen LogP contribution in [0.5, 0.6) is 0 Å². The molecule has 1 unspecified atom stereocenters. The molecule has 0 aliphatic carbocycles. The van der Waals surface area contributed by atoms with E-state index < -0.39 is 5.54 Å². The largest absolute Gasteiger partial charge is 0.465 e. The first-order valence-corrected chi connectivity index (χ1v) is 8.36. The number of aryl methyl sites for hydroxylation is 1. The van der Waals surface area contributed by atoms with Gasteiger partial charge in [-0.2, -0.15) is 0 Å². The van der Waals surface area contributed by atoms with E-state index in [1.807, 2.05) is 34.6 Å². The van der Waals surface area contributed by atoms with Crippen molar-refractivity contribution in [3.8, 4) is 0 Å². The number of aromatic nitrogens is 1. The Balaban J connectivity index is 2.47. The van der Waals surface area contributed by atoms with Gasteiger partial charge in [-0.15, -0.1) is 0 Å². The third kappa shape index (κ3) is 6.09. The molecular formula is C15H26N2O3S. The number of nitrogens with one attached hydrogen (secondary N) is 1. The molecule has 0 amide bonds. The van der Waals surface area contributed by atoms with Crippen LogP contribution in [0.1, 0.15) is 46.2 Å². The molecule has 5 nitrogen and oxygen atoms in total. The van der Waals surface area contributed by atoms with Crippen LogP contribution in [0.4, 0.5) is 0 Å². The van der Waals surface area contributed by atoms with Crippen molar-refractivity contribution >= 4 is 17.7 Å². The molecule has 1 N–H and O–H groups in total. The van der Waals surface area contributed by atoms with Gasteiger partial charge in [-0.3, -0.25) is 10.1 Å². The minimum atomic E-state index is -0.642. The summed E-state index contributed by atoms with van der Waals surface area (Å²) in [6, 6.07) is 0.224. The van der Waals surface area contributed by atoms with E-state index in [1.54, 1.807) is 18.0 Å². The Kier molecular flexibility index (Phi) is 7.25. The lowest BCUT2D eigenvalue weighted by Crippen LogP contribution is -2.53. The second kappa shape index (κ2) is 8.44. The van der Waals surface area contributed by atoms with Gasteiger partial charge in [-0.05, 0) is 47.5 Å². The zero-order valence-corrected chi connectivity index (χ0v) is 14.4. The molecule has 0 radical (unpaired) electrons.